The van der Waals surface area contributed by atoms with Gasteiger partial charge in [0.1, 0.15) is 11.6 Å². The van der Waals surface area contributed by atoms with Gasteiger partial charge in [0.2, 0.25) is 0 Å². The lowest BCUT2D eigenvalue weighted by molar-refractivity contribution is -0.153. The molecule has 0 heterocycles. The minimum Gasteiger partial charge on any atom is -0.484 e. The Balaban J connectivity index is 2.72. The van der Waals surface area contributed by atoms with Crippen molar-refractivity contribution in [1.82, 2.24) is 0 Å². The summed E-state index contributed by atoms with van der Waals surface area (Å²) < 4.78 is 53.0. The summed E-state index contributed by atoms with van der Waals surface area (Å²) in [6.45, 7) is -1.14. The highest BCUT2D eigenvalue weighted by atomic mass is 19.4. The summed E-state index contributed by atoms with van der Waals surface area (Å²) in [7, 11) is 0. The fourth-order valence-electron chi connectivity index (χ4n) is 1.18. The van der Waals surface area contributed by atoms with Gasteiger partial charge in [-0.1, -0.05) is 0 Å². The van der Waals surface area contributed by atoms with Crippen molar-refractivity contribution in [1.29, 1.82) is 0 Å². The van der Waals surface area contributed by atoms with Gasteiger partial charge in [-0.2, -0.15) is 13.2 Å². The first-order chi connectivity index (χ1) is 7.40. The lowest BCUT2D eigenvalue weighted by atomic mass is 10.1. The number of nitrogens with two attached hydrogens (primary N) is 1. The van der Waals surface area contributed by atoms with Gasteiger partial charge < -0.3 is 10.5 Å². The SMILES string of the molecule is NCCc1cc(F)cc(OCC(F)(F)F)c1. The van der Waals surface area contributed by atoms with Crippen molar-refractivity contribution in [2.75, 3.05) is 13.2 Å². The number of hydrogen-bond donors (Lipinski definition) is 1. The van der Waals surface area contributed by atoms with Crippen LogP contribution in [0.5, 0.6) is 5.75 Å². The molecule has 0 aliphatic heterocycles. The van der Waals surface area contributed by atoms with Crippen LogP contribution >= 0.6 is 0 Å². The predicted molar refractivity (Wildman–Crippen MR) is 50.7 cm³/mol. The quantitative estimate of drug-likeness (QED) is 0.815. The van der Waals surface area contributed by atoms with E-state index in [1.807, 2.05) is 0 Å². The van der Waals surface area contributed by atoms with Crippen molar-refractivity contribution < 1.29 is 22.3 Å². The van der Waals surface area contributed by atoms with E-state index < -0.39 is 18.6 Å². The first-order valence-corrected chi connectivity index (χ1v) is 4.60. The van der Waals surface area contributed by atoms with Crippen LogP contribution in [-0.4, -0.2) is 19.3 Å². The monoisotopic (exact) mass is 237 g/mol. The van der Waals surface area contributed by atoms with E-state index in [1.54, 1.807) is 0 Å². The number of rotatable bonds is 4. The normalized spacial score (nSPS) is 11.6. The summed E-state index contributed by atoms with van der Waals surface area (Å²) in [6, 6.07) is 3.47. The van der Waals surface area contributed by atoms with Crippen molar-refractivity contribution in [3.63, 3.8) is 0 Å². The van der Waals surface area contributed by atoms with Gasteiger partial charge in [0.25, 0.3) is 0 Å². The van der Waals surface area contributed by atoms with Crippen molar-refractivity contribution in [2.45, 2.75) is 12.6 Å². The van der Waals surface area contributed by atoms with Gasteiger partial charge in [-0.15, -0.1) is 0 Å². The molecule has 0 radical (unpaired) electrons. The van der Waals surface area contributed by atoms with Crippen molar-refractivity contribution in [3.8, 4) is 5.75 Å². The van der Waals surface area contributed by atoms with Crippen molar-refractivity contribution in [2.24, 2.45) is 5.73 Å². The minimum absolute atomic E-state index is 0.138. The highest BCUT2D eigenvalue weighted by Gasteiger charge is 2.28. The number of hydrogen-bond acceptors (Lipinski definition) is 2. The van der Waals surface area contributed by atoms with Crippen LogP contribution in [0.1, 0.15) is 5.56 Å². The Hall–Kier alpha value is -1.30. The van der Waals surface area contributed by atoms with Gasteiger partial charge >= 0.3 is 6.18 Å². The molecule has 0 fully saturated rings. The molecule has 0 atom stereocenters. The van der Waals surface area contributed by atoms with Crippen molar-refractivity contribution in [3.05, 3.63) is 29.6 Å². The molecule has 0 saturated carbocycles. The zero-order valence-electron chi connectivity index (χ0n) is 8.35. The molecule has 0 unspecified atom stereocenters. The fourth-order valence-corrected chi connectivity index (χ4v) is 1.18. The van der Waals surface area contributed by atoms with Gasteiger partial charge in [-0.05, 0) is 30.7 Å². The highest BCUT2D eigenvalue weighted by Crippen LogP contribution is 2.20. The second kappa shape index (κ2) is 5.16. The molecule has 2 N–H and O–H groups in total. The zero-order valence-corrected chi connectivity index (χ0v) is 8.35. The van der Waals surface area contributed by atoms with Gasteiger partial charge in [-0.25, -0.2) is 4.39 Å². The molecule has 0 aliphatic carbocycles. The predicted octanol–water partition coefficient (Wildman–Crippen LogP) is 2.27. The standard InChI is InChI=1S/C10H11F4NO/c11-8-3-7(1-2-15)4-9(5-8)16-6-10(12,13)14/h3-5H,1-2,6,15H2. The Kier molecular flexibility index (Phi) is 4.12. The molecule has 1 aromatic carbocycles. The molecule has 6 heteroatoms. The van der Waals surface area contributed by atoms with Crippen LogP contribution < -0.4 is 10.5 Å². The van der Waals surface area contributed by atoms with Gasteiger partial charge in [0, 0.05) is 6.07 Å². The number of ether oxygens (including phenoxy) is 1. The van der Waals surface area contributed by atoms with E-state index in [2.05, 4.69) is 4.74 Å². The fraction of sp³-hybridized carbons (Fsp3) is 0.400. The van der Waals surface area contributed by atoms with E-state index in [1.165, 1.54) is 12.1 Å². The third kappa shape index (κ3) is 4.48. The van der Waals surface area contributed by atoms with Crippen LogP contribution in [0.3, 0.4) is 0 Å². The molecule has 16 heavy (non-hydrogen) atoms. The van der Waals surface area contributed by atoms with E-state index in [4.69, 9.17) is 5.73 Å². The highest BCUT2D eigenvalue weighted by molar-refractivity contribution is 5.29. The molecular weight excluding hydrogens is 226 g/mol. The van der Waals surface area contributed by atoms with E-state index in [0.29, 0.717) is 18.5 Å². The molecular formula is C10H11F4NO. The lowest BCUT2D eigenvalue weighted by Gasteiger charge is -2.10. The Morgan fingerprint density at radius 1 is 1.19 bits per heavy atom. The smallest absolute Gasteiger partial charge is 0.422 e. The zero-order chi connectivity index (χ0) is 12.2. The summed E-state index contributed by atoms with van der Waals surface area (Å²) in [6.07, 6.45) is -4.04. The summed E-state index contributed by atoms with van der Waals surface area (Å²) in [5.74, 6) is -0.774. The molecule has 0 spiro atoms. The van der Waals surface area contributed by atoms with Crippen LogP contribution in [0.4, 0.5) is 17.6 Å². The Bertz CT molecular complexity index is 351. The van der Waals surface area contributed by atoms with Crippen LogP contribution in [0.25, 0.3) is 0 Å². The molecule has 2 nitrogen and oxygen atoms in total. The van der Waals surface area contributed by atoms with Crippen molar-refractivity contribution >= 4 is 0 Å². The first kappa shape index (κ1) is 12.8. The third-order valence-corrected chi connectivity index (χ3v) is 1.77. The Labute approximate surface area is 90.0 Å². The number of benzene rings is 1. The summed E-state index contributed by atoms with van der Waals surface area (Å²) in [5, 5.41) is 0. The average Bonchev–Trinajstić information content (AvgIpc) is 2.13. The maximum Gasteiger partial charge on any atom is 0.422 e. The van der Waals surface area contributed by atoms with Crippen LogP contribution in [0, 0.1) is 5.82 Å². The van der Waals surface area contributed by atoms with Crippen LogP contribution in [-0.2, 0) is 6.42 Å². The molecule has 0 aromatic heterocycles. The topological polar surface area (TPSA) is 35.2 Å². The maximum absolute atomic E-state index is 13.0. The second-order valence-electron chi connectivity index (χ2n) is 3.24. The lowest BCUT2D eigenvalue weighted by Crippen LogP contribution is -2.19. The van der Waals surface area contributed by atoms with E-state index in [9.17, 15) is 17.6 Å². The summed E-state index contributed by atoms with van der Waals surface area (Å²) in [5.41, 5.74) is 5.77. The third-order valence-electron chi connectivity index (χ3n) is 1.77. The molecule has 90 valence electrons. The van der Waals surface area contributed by atoms with Crippen LogP contribution in [0.2, 0.25) is 0 Å². The molecule has 1 rings (SSSR count). The largest absolute Gasteiger partial charge is 0.484 e. The van der Waals surface area contributed by atoms with Gasteiger partial charge in [0.05, 0.1) is 0 Å². The average molecular weight is 237 g/mol. The van der Waals surface area contributed by atoms with Gasteiger partial charge in [0.15, 0.2) is 6.61 Å². The molecule has 0 aliphatic rings. The summed E-state index contributed by atoms with van der Waals surface area (Å²) in [4.78, 5) is 0. The number of alkyl halides is 3. The molecule has 1 aromatic rings. The van der Waals surface area contributed by atoms with Gasteiger partial charge in [-0.3, -0.25) is 0 Å². The first-order valence-electron chi connectivity index (χ1n) is 4.60. The number of halogens is 4. The van der Waals surface area contributed by atoms with E-state index >= 15 is 0 Å². The molecule has 0 saturated heterocycles. The summed E-state index contributed by atoms with van der Waals surface area (Å²) >= 11 is 0. The molecule has 0 bridgehead atoms. The van der Waals surface area contributed by atoms with E-state index in [0.717, 1.165) is 6.07 Å². The molecule has 0 amide bonds. The second-order valence-corrected chi connectivity index (χ2v) is 3.24. The van der Waals surface area contributed by atoms with E-state index in [-0.39, 0.29) is 5.75 Å². The maximum atomic E-state index is 13.0. The Morgan fingerprint density at radius 3 is 2.44 bits per heavy atom. The van der Waals surface area contributed by atoms with Crippen LogP contribution in [0.15, 0.2) is 18.2 Å². The minimum atomic E-state index is -4.43. The Morgan fingerprint density at radius 2 is 1.88 bits per heavy atom.